The predicted molar refractivity (Wildman–Crippen MR) is 128 cm³/mol. The molecule has 0 radical (unpaired) electrons. The summed E-state index contributed by atoms with van der Waals surface area (Å²) in [4.78, 5) is 10.9. The van der Waals surface area contributed by atoms with E-state index in [1.165, 1.54) is 12.0 Å². The third kappa shape index (κ3) is 11.1. The van der Waals surface area contributed by atoms with Crippen molar-refractivity contribution in [1.29, 1.82) is 0 Å². The van der Waals surface area contributed by atoms with Crippen LogP contribution in [-0.4, -0.2) is 37.8 Å². The molecule has 0 aliphatic carbocycles. The molecule has 3 atom stereocenters. The van der Waals surface area contributed by atoms with E-state index in [1.807, 2.05) is 0 Å². The van der Waals surface area contributed by atoms with Gasteiger partial charge in [0.25, 0.3) is 0 Å². The molecule has 1 unspecified atom stereocenters. The quantitative estimate of drug-likeness (QED) is 0.0531. The van der Waals surface area contributed by atoms with Crippen molar-refractivity contribution in [3.63, 3.8) is 0 Å². The summed E-state index contributed by atoms with van der Waals surface area (Å²) in [6.07, 6.45) is 8.44. The van der Waals surface area contributed by atoms with Crippen molar-refractivity contribution in [2.24, 2.45) is 5.92 Å². The highest BCUT2D eigenvalue weighted by molar-refractivity contribution is 14.1. The highest BCUT2D eigenvalue weighted by Gasteiger charge is 2.33. The maximum atomic E-state index is 10.9. The smallest absolute Gasteiger partial charge is 0.192 e. The summed E-state index contributed by atoms with van der Waals surface area (Å²) < 4.78 is 13.1. The Hall–Kier alpha value is 0.277. The monoisotopic (exact) mass is 510 g/mol. The van der Waals surface area contributed by atoms with Gasteiger partial charge in [-0.05, 0) is 49.9 Å². The lowest BCUT2D eigenvalue weighted by molar-refractivity contribution is -0.107. The van der Waals surface area contributed by atoms with Crippen LogP contribution in [0.3, 0.4) is 0 Å². The van der Waals surface area contributed by atoms with E-state index in [1.54, 1.807) is 0 Å². The molecule has 0 bridgehead atoms. The fraction of sp³-hybridized carbons (Fsp3) is 0.864. The maximum Gasteiger partial charge on any atom is 0.192 e. The number of halogens is 1. The molecule has 0 amide bonds. The molecule has 0 rings (SSSR count). The van der Waals surface area contributed by atoms with Gasteiger partial charge in [0.15, 0.2) is 8.32 Å². The molecule has 0 fully saturated rings. The second-order valence-corrected chi connectivity index (χ2v) is 14.1. The topological polar surface area (TPSA) is 35.5 Å². The molecule has 160 valence electrons. The van der Waals surface area contributed by atoms with Crippen LogP contribution in [-0.2, 0) is 14.0 Å². The predicted octanol–water partition coefficient (Wildman–Crippen LogP) is 6.95. The normalized spacial score (nSPS) is 16.2. The van der Waals surface area contributed by atoms with Crippen molar-refractivity contribution in [3.05, 3.63) is 11.6 Å². The average Bonchev–Trinajstić information content (AvgIpc) is 2.67. The van der Waals surface area contributed by atoms with Gasteiger partial charge in [-0.15, -0.1) is 0 Å². The Labute approximate surface area is 183 Å². The molecule has 0 aliphatic heterocycles. The number of ether oxygens (including phenoxy) is 1. The van der Waals surface area contributed by atoms with Gasteiger partial charge in [-0.3, -0.25) is 0 Å². The molecule has 3 nitrogen and oxygen atoms in total. The third-order valence-electron chi connectivity index (χ3n) is 5.65. The molecule has 27 heavy (non-hydrogen) atoms. The molecule has 0 spiro atoms. The zero-order valence-corrected chi connectivity index (χ0v) is 21.7. The molecule has 0 heterocycles. The van der Waals surface area contributed by atoms with Crippen LogP contribution >= 0.6 is 22.6 Å². The number of alkyl halides is 1. The van der Waals surface area contributed by atoms with E-state index >= 15 is 0 Å². The lowest BCUT2D eigenvalue weighted by atomic mass is 9.99. The van der Waals surface area contributed by atoms with E-state index in [-0.39, 0.29) is 6.10 Å². The van der Waals surface area contributed by atoms with E-state index in [0.717, 1.165) is 56.9 Å². The van der Waals surface area contributed by atoms with Crippen LogP contribution in [0.15, 0.2) is 11.6 Å². The summed E-state index contributed by atoms with van der Waals surface area (Å²) in [6, 6.07) is 3.46. The first kappa shape index (κ1) is 27.3. The summed E-state index contributed by atoms with van der Waals surface area (Å²) >= 11 is 2.40. The van der Waals surface area contributed by atoms with Crippen LogP contribution in [0.1, 0.15) is 73.6 Å². The fourth-order valence-corrected chi connectivity index (χ4v) is 6.86. The van der Waals surface area contributed by atoms with Crippen LogP contribution in [0.4, 0.5) is 0 Å². The largest absolute Gasteiger partial charge is 0.410 e. The van der Waals surface area contributed by atoms with Crippen molar-refractivity contribution >= 4 is 37.2 Å². The molecule has 0 N–H and O–H groups in total. The Bertz CT molecular complexity index is 402. The number of rotatable bonds is 17. The molecule has 0 saturated heterocycles. The Balaban J connectivity index is 5.26. The van der Waals surface area contributed by atoms with Gasteiger partial charge in [0.1, 0.15) is 6.29 Å². The Morgan fingerprint density at radius 3 is 2.22 bits per heavy atom. The molecule has 0 aliphatic rings. The molecular formula is C22H43IO3Si. The number of hydrogen-bond acceptors (Lipinski definition) is 3. The van der Waals surface area contributed by atoms with Crippen molar-refractivity contribution < 1.29 is 14.0 Å². The highest BCUT2D eigenvalue weighted by atomic mass is 127. The Morgan fingerprint density at radius 2 is 1.74 bits per heavy atom. The maximum absolute atomic E-state index is 10.9. The minimum atomic E-state index is -1.69. The molecule has 0 saturated carbocycles. The summed E-state index contributed by atoms with van der Waals surface area (Å²) in [5.74, 6) is 0.438. The van der Waals surface area contributed by atoms with Crippen LogP contribution in [0, 0.1) is 5.92 Å². The van der Waals surface area contributed by atoms with E-state index in [4.69, 9.17) is 9.16 Å². The van der Waals surface area contributed by atoms with E-state index in [9.17, 15) is 4.79 Å². The first-order valence-corrected chi connectivity index (χ1v) is 14.7. The van der Waals surface area contributed by atoms with E-state index in [2.05, 4.69) is 70.2 Å². The zero-order chi connectivity index (χ0) is 20.7. The molecule has 0 aromatic rings. The van der Waals surface area contributed by atoms with Gasteiger partial charge in [-0.2, -0.15) is 0 Å². The Kier molecular flexibility index (Phi) is 16.3. The van der Waals surface area contributed by atoms with Gasteiger partial charge in [-0.25, -0.2) is 0 Å². The number of carbonyl (C=O) groups excluding carboxylic acids is 1. The van der Waals surface area contributed by atoms with Crippen LogP contribution in [0.5, 0.6) is 0 Å². The zero-order valence-electron chi connectivity index (χ0n) is 18.6. The third-order valence-corrected chi connectivity index (χ3v) is 11.3. The molecule has 0 aromatic carbocycles. The second-order valence-electron chi connectivity index (χ2n) is 7.59. The van der Waals surface area contributed by atoms with E-state index in [0.29, 0.717) is 16.3 Å². The van der Waals surface area contributed by atoms with Crippen LogP contribution in [0.2, 0.25) is 18.1 Å². The number of carbonyl (C=O) groups is 1. The summed E-state index contributed by atoms with van der Waals surface area (Å²) in [5.41, 5.74) is 1.32. The second kappa shape index (κ2) is 16.1. The lowest BCUT2D eigenvalue weighted by Gasteiger charge is -2.35. The van der Waals surface area contributed by atoms with Crippen LogP contribution < -0.4 is 0 Å². The van der Waals surface area contributed by atoms with Gasteiger partial charge in [0.2, 0.25) is 0 Å². The van der Waals surface area contributed by atoms with Crippen molar-refractivity contribution in [2.75, 3.05) is 13.2 Å². The standard InChI is InChI=1S/C22H43IO3Si/c1-7-12-15-25-18-20(8-2)16-19(6)22(17-21(23)13-14-24)26-27(9-3,10-4)11-5/h14,16,20-22H,7-13,15,17-18H2,1-6H3/b19-16-/t20-,21?,22+/m1/s1. The summed E-state index contributed by atoms with van der Waals surface area (Å²) in [7, 11) is -1.69. The van der Waals surface area contributed by atoms with Gasteiger partial charge >= 0.3 is 0 Å². The summed E-state index contributed by atoms with van der Waals surface area (Å²) in [6.45, 7) is 15.1. The van der Waals surface area contributed by atoms with Gasteiger partial charge in [0, 0.05) is 22.9 Å². The number of aldehydes is 1. The summed E-state index contributed by atoms with van der Waals surface area (Å²) in [5, 5.41) is 0. The van der Waals surface area contributed by atoms with Gasteiger partial charge in [0.05, 0.1) is 12.7 Å². The van der Waals surface area contributed by atoms with E-state index < -0.39 is 8.32 Å². The molecular weight excluding hydrogens is 467 g/mol. The van der Waals surface area contributed by atoms with Crippen LogP contribution in [0.25, 0.3) is 0 Å². The first-order valence-electron chi connectivity index (χ1n) is 10.9. The average molecular weight is 511 g/mol. The van der Waals surface area contributed by atoms with Crippen molar-refractivity contribution in [1.82, 2.24) is 0 Å². The SMILES string of the molecule is CCCCOC[C@@H](/C=C(/C)[C@H](CC(I)CC=O)O[Si](CC)(CC)CC)CC. The van der Waals surface area contributed by atoms with Gasteiger partial charge in [-0.1, -0.05) is 69.7 Å². The Morgan fingerprint density at radius 1 is 1.11 bits per heavy atom. The van der Waals surface area contributed by atoms with Crippen molar-refractivity contribution in [3.8, 4) is 0 Å². The van der Waals surface area contributed by atoms with Gasteiger partial charge < -0.3 is 14.0 Å². The molecule has 5 heteroatoms. The van der Waals surface area contributed by atoms with Crippen molar-refractivity contribution in [2.45, 2.75) is 102 Å². The lowest BCUT2D eigenvalue weighted by Crippen LogP contribution is -2.41. The highest BCUT2D eigenvalue weighted by Crippen LogP contribution is 2.30. The minimum Gasteiger partial charge on any atom is -0.410 e. The number of hydrogen-bond donors (Lipinski definition) is 0. The minimum absolute atomic E-state index is 0.128. The fourth-order valence-electron chi connectivity index (χ4n) is 3.31. The first-order chi connectivity index (χ1) is 12.9. The molecule has 0 aromatic heterocycles. The number of unbranched alkanes of at least 4 members (excludes halogenated alkanes) is 1.